The van der Waals surface area contributed by atoms with Crippen LogP contribution in [0.4, 0.5) is 4.79 Å². The van der Waals surface area contributed by atoms with Crippen molar-refractivity contribution in [1.82, 2.24) is 15.2 Å². The van der Waals surface area contributed by atoms with Crippen molar-refractivity contribution in [2.24, 2.45) is 11.3 Å². The quantitative estimate of drug-likeness (QED) is 0.889. The molecule has 0 aromatic carbocycles. The number of rotatable bonds is 4. The third-order valence-corrected chi connectivity index (χ3v) is 6.07. The molecule has 0 unspecified atom stereocenters. The van der Waals surface area contributed by atoms with E-state index in [0.717, 1.165) is 24.3 Å². The third kappa shape index (κ3) is 2.58. The lowest BCUT2D eigenvalue weighted by Crippen LogP contribution is -2.41. The number of aromatic nitrogens is 1. The Hall–Kier alpha value is -1.63. The van der Waals surface area contributed by atoms with Crippen molar-refractivity contribution in [1.29, 1.82) is 0 Å². The molecule has 2 aliphatic rings. The highest BCUT2D eigenvalue weighted by molar-refractivity contribution is 7.11. The highest BCUT2D eigenvalue weighted by Gasteiger charge is 2.55. The molecule has 6 nitrogen and oxygen atoms in total. The van der Waals surface area contributed by atoms with Crippen molar-refractivity contribution in [2.75, 3.05) is 13.1 Å². The molecule has 2 atom stereocenters. The van der Waals surface area contributed by atoms with Gasteiger partial charge in [0.15, 0.2) is 0 Å². The number of nitrogens with zero attached hydrogens (tertiary/aromatic N) is 2. The van der Waals surface area contributed by atoms with Crippen molar-refractivity contribution < 1.29 is 14.7 Å². The number of amides is 2. The summed E-state index contributed by atoms with van der Waals surface area (Å²) in [6, 6.07) is -0.178. The number of thiazole rings is 1. The minimum absolute atomic E-state index is 0.0994. The summed E-state index contributed by atoms with van der Waals surface area (Å²) in [6.45, 7) is 3.36. The Balaban J connectivity index is 1.58. The third-order valence-electron chi connectivity index (χ3n) is 4.92. The van der Waals surface area contributed by atoms with E-state index < -0.39 is 11.4 Å². The van der Waals surface area contributed by atoms with Crippen LogP contribution < -0.4 is 5.32 Å². The molecule has 0 bridgehead atoms. The van der Waals surface area contributed by atoms with Crippen molar-refractivity contribution in [2.45, 2.75) is 39.2 Å². The fourth-order valence-corrected chi connectivity index (χ4v) is 4.45. The van der Waals surface area contributed by atoms with E-state index in [1.807, 2.05) is 6.20 Å². The first kappa shape index (κ1) is 15.3. The molecule has 1 aromatic heterocycles. The number of carboxylic acids is 1. The normalized spacial score (nSPS) is 27.0. The van der Waals surface area contributed by atoms with E-state index in [0.29, 0.717) is 26.1 Å². The summed E-state index contributed by atoms with van der Waals surface area (Å²) < 4.78 is 0. The highest BCUT2D eigenvalue weighted by Crippen LogP contribution is 2.48. The van der Waals surface area contributed by atoms with Gasteiger partial charge in [0.25, 0.3) is 0 Å². The van der Waals surface area contributed by atoms with Crippen LogP contribution in [0.2, 0.25) is 0 Å². The lowest BCUT2D eigenvalue weighted by Gasteiger charge is -2.23. The Bertz CT molecular complexity index is 588. The van der Waals surface area contributed by atoms with Gasteiger partial charge in [-0.05, 0) is 25.2 Å². The lowest BCUT2D eigenvalue weighted by atomic mass is 9.81. The predicted molar refractivity (Wildman–Crippen MR) is 82.7 cm³/mol. The molecular weight excluding hydrogens is 302 g/mol. The van der Waals surface area contributed by atoms with Gasteiger partial charge in [-0.25, -0.2) is 9.78 Å². The average Bonchev–Trinajstić information content (AvgIpc) is 3.17. The van der Waals surface area contributed by atoms with Crippen LogP contribution in [-0.4, -0.2) is 40.1 Å². The maximum atomic E-state index is 12.3. The molecule has 7 heteroatoms. The molecule has 1 aromatic rings. The molecule has 3 rings (SSSR count). The average molecular weight is 323 g/mol. The van der Waals surface area contributed by atoms with Gasteiger partial charge in [-0.3, -0.25) is 4.79 Å². The lowest BCUT2D eigenvalue weighted by molar-refractivity contribution is -0.149. The maximum absolute atomic E-state index is 12.3. The smallest absolute Gasteiger partial charge is 0.317 e. The standard InChI is InChI=1S/C15H21N3O3S/c1-2-11-6-16-12(22-11)7-17-14(21)18-8-10-4-3-5-15(10,9-18)13(19)20/h6,10H,2-5,7-9H2,1H3,(H,17,21)(H,19,20)/t10-,15+/m0/s1. The number of fused-ring (bicyclic) bond motifs is 1. The highest BCUT2D eigenvalue weighted by atomic mass is 32.1. The van der Waals surface area contributed by atoms with Gasteiger partial charge in [0.2, 0.25) is 0 Å². The number of likely N-dealkylation sites (tertiary alicyclic amines) is 1. The summed E-state index contributed by atoms with van der Waals surface area (Å²) in [4.78, 5) is 31.0. The monoisotopic (exact) mass is 323 g/mol. The number of hydrogen-bond acceptors (Lipinski definition) is 4. The van der Waals surface area contributed by atoms with E-state index in [9.17, 15) is 14.7 Å². The first-order chi connectivity index (χ1) is 10.5. The minimum Gasteiger partial charge on any atom is -0.481 e. The largest absolute Gasteiger partial charge is 0.481 e. The van der Waals surface area contributed by atoms with E-state index in [2.05, 4.69) is 17.2 Å². The van der Waals surface area contributed by atoms with Crippen LogP contribution in [0.1, 0.15) is 36.1 Å². The van der Waals surface area contributed by atoms with Gasteiger partial charge in [-0.15, -0.1) is 11.3 Å². The molecule has 1 saturated heterocycles. The Morgan fingerprint density at radius 1 is 1.59 bits per heavy atom. The summed E-state index contributed by atoms with van der Waals surface area (Å²) in [5.41, 5.74) is -0.714. The first-order valence-corrected chi connectivity index (χ1v) is 8.56. The van der Waals surface area contributed by atoms with Crippen molar-refractivity contribution in [3.63, 3.8) is 0 Å². The summed E-state index contributed by atoms with van der Waals surface area (Å²) in [7, 11) is 0. The molecule has 2 fully saturated rings. The molecule has 1 saturated carbocycles. The Morgan fingerprint density at radius 3 is 3.05 bits per heavy atom. The summed E-state index contributed by atoms with van der Waals surface area (Å²) >= 11 is 1.60. The zero-order valence-corrected chi connectivity index (χ0v) is 13.5. The number of carboxylic acid groups (broad SMARTS) is 1. The molecule has 0 radical (unpaired) electrons. The van der Waals surface area contributed by atoms with Crippen LogP contribution in [0.5, 0.6) is 0 Å². The topological polar surface area (TPSA) is 82.5 Å². The number of hydrogen-bond donors (Lipinski definition) is 2. The van der Waals surface area contributed by atoms with Gasteiger partial charge in [-0.2, -0.15) is 0 Å². The molecule has 2 heterocycles. The molecule has 1 aliphatic heterocycles. The van der Waals surface area contributed by atoms with E-state index in [1.54, 1.807) is 16.2 Å². The van der Waals surface area contributed by atoms with Crippen LogP contribution in [0.25, 0.3) is 0 Å². The van der Waals surface area contributed by atoms with Crippen LogP contribution in [0, 0.1) is 11.3 Å². The van der Waals surface area contributed by atoms with Gasteiger partial charge in [0.1, 0.15) is 5.01 Å². The van der Waals surface area contributed by atoms with E-state index >= 15 is 0 Å². The summed E-state index contributed by atoms with van der Waals surface area (Å²) in [6.07, 6.45) is 5.32. The van der Waals surface area contributed by atoms with Gasteiger partial charge >= 0.3 is 12.0 Å². The van der Waals surface area contributed by atoms with Gasteiger partial charge < -0.3 is 15.3 Å². The van der Waals surface area contributed by atoms with Crippen LogP contribution in [0.3, 0.4) is 0 Å². The zero-order valence-electron chi connectivity index (χ0n) is 12.7. The summed E-state index contributed by atoms with van der Waals surface area (Å²) in [5, 5.41) is 13.3. The fraction of sp³-hybridized carbons (Fsp3) is 0.667. The zero-order chi connectivity index (χ0) is 15.7. The Kier molecular flexibility index (Phi) is 4.08. The second-order valence-electron chi connectivity index (χ2n) is 6.16. The van der Waals surface area contributed by atoms with Crippen LogP contribution in [0.15, 0.2) is 6.20 Å². The number of nitrogens with one attached hydrogen (secondary N) is 1. The molecule has 0 spiro atoms. The summed E-state index contributed by atoms with van der Waals surface area (Å²) in [5.74, 6) is -0.653. The number of urea groups is 1. The molecule has 1 aliphatic carbocycles. The van der Waals surface area contributed by atoms with E-state index in [-0.39, 0.29) is 11.9 Å². The van der Waals surface area contributed by atoms with Gasteiger partial charge in [-0.1, -0.05) is 13.3 Å². The Labute approximate surface area is 133 Å². The SMILES string of the molecule is CCc1cnc(CNC(=O)N2C[C@@H]3CCC[C@@]3(C(=O)O)C2)s1. The predicted octanol–water partition coefficient (Wildman–Crippen LogP) is 2.10. The fourth-order valence-electron chi connectivity index (χ4n) is 3.65. The van der Waals surface area contributed by atoms with Gasteiger partial charge in [0, 0.05) is 24.2 Å². The molecule has 2 amide bonds. The molecule has 2 N–H and O–H groups in total. The van der Waals surface area contributed by atoms with Crippen molar-refractivity contribution in [3.8, 4) is 0 Å². The second-order valence-corrected chi connectivity index (χ2v) is 7.36. The van der Waals surface area contributed by atoms with Crippen LogP contribution in [-0.2, 0) is 17.8 Å². The van der Waals surface area contributed by atoms with E-state index in [1.165, 1.54) is 4.88 Å². The molecule has 120 valence electrons. The number of aryl methyl sites for hydroxylation is 1. The molecule has 22 heavy (non-hydrogen) atoms. The van der Waals surface area contributed by atoms with Crippen molar-refractivity contribution in [3.05, 3.63) is 16.1 Å². The number of carbonyl (C=O) groups is 2. The number of carbonyl (C=O) groups excluding carboxylic acids is 1. The Morgan fingerprint density at radius 2 is 2.41 bits per heavy atom. The van der Waals surface area contributed by atoms with E-state index in [4.69, 9.17) is 0 Å². The first-order valence-electron chi connectivity index (χ1n) is 7.75. The second kappa shape index (κ2) is 5.87. The van der Waals surface area contributed by atoms with Gasteiger partial charge in [0.05, 0.1) is 12.0 Å². The number of aliphatic carboxylic acids is 1. The molecular formula is C15H21N3O3S. The minimum atomic E-state index is -0.752. The van der Waals surface area contributed by atoms with Crippen molar-refractivity contribution >= 4 is 23.3 Å². The maximum Gasteiger partial charge on any atom is 0.317 e. The van der Waals surface area contributed by atoms with Crippen LogP contribution >= 0.6 is 11.3 Å².